The molecule has 4 aliphatic carbocycles. The SMILES string of the molecule is CC[C@H]1[C@H](O)C2C3CC[C@H]([C@H](C)CCOS(=O)(=O)O)[C@@]3(C)CCC2[C@@]2(C)CC[C@@H](O)C[C@@H]12. The molecule has 4 aliphatic rings. The first-order chi connectivity index (χ1) is 14.9. The van der Waals surface area contributed by atoms with Gasteiger partial charge in [0.15, 0.2) is 0 Å². The van der Waals surface area contributed by atoms with Gasteiger partial charge in [0.05, 0.1) is 18.8 Å². The predicted molar refractivity (Wildman–Crippen MR) is 123 cm³/mol. The summed E-state index contributed by atoms with van der Waals surface area (Å²) in [6, 6.07) is 0. The molecule has 11 atom stereocenters. The van der Waals surface area contributed by atoms with Crippen LogP contribution in [-0.2, 0) is 14.6 Å². The molecule has 4 rings (SSSR count). The first-order valence-electron chi connectivity index (χ1n) is 12.9. The van der Waals surface area contributed by atoms with Gasteiger partial charge in [0, 0.05) is 0 Å². The summed E-state index contributed by atoms with van der Waals surface area (Å²) < 4.78 is 35.4. The minimum atomic E-state index is -4.39. The van der Waals surface area contributed by atoms with Gasteiger partial charge in [0.2, 0.25) is 0 Å². The van der Waals surface area contributed by atoms with Gasteiger partial charge in [-0.1, -0.05) is 34.1 Å². The molecule has 0 aliphatic heterocycles. The minimum absolute atomic E-state index is 0.0198. The highest BCUT2D eigenvalue weighted by Crippen LogP contribution is 2.69. The second-order valence-electron chi connectivity index (χ2n) is 12.1. The molecule has 0 aromatic rings. The quantitative estimate of drug-likeness (QED) is 0.493. The molecule has 186 valence electrons. The highest BCUT2D eigenvalue weighted by atomic mass is 32.3. The first kappa shape index (κ1) is 24.9. The highest BCUT2D eigenvalue weighted by molar-refractivity contribution is 7.80. The maximum atomic E-state index is 11.7. The summed E-state index contributed by atoms with van der Waals surface area (Å²) in [6.07, 6.45) is 8.38. The van der Waals surface area contributed by atoms with Crippen LogP contribution in [0.2, 0.25) is 0 Å². The van der Waals surface area contributed by atoms with Crippen LogP contribution in [-0.4, -0.2) is 42.0 Å². The molecule has 3 N–H and O–H groups in total. The van der Waals surface area contributed by atoms with Crippen LogP contribution in [0, 0.1) is 52.3 Å². The van der Waals surface area contributed by atoms with Crippen molar-refractivity contribution in [2.75, 3.05) is 6.61 Å². The third-order valence-corrected chi connectivity index (χ3v) is 11.4. The van der Waals surface area contributed by atoms with Crippen LogP contribution >= 0.6 is 0 Å². The number of aliphatic hydroxyl groups excluding tert-OH is 2. The Bertz CT molecular complexity index is 785. The lowest BCUT2D eigenvalue weighted by Crippen LogP contribution is -2.62. The molecule has 0 amide bonds. The molecule has 0 aromatic carbocycles. The van der Waals surface area contributed by atoms with Crippen molar-refractivity contribution in [3.05, 3.63) is 0 Å². The molecular weight excluding hydrogens is 428 g/mol. The van der Waals surface area contributed by atoms with Gasteiger partial charge in [0.25, 0.3) is 0 Å². The van der Waals surface area contributed by atoms with Gasteiger partial charge in [0.1, 0.15) is 0 Å². The van der Waals surface area contributed by atoms with Crippen molar-refractivity contribution in [2.24, 2.45) is 52.3 Å². The van der Waals surface area contributed by atoms with E-state index in [0.29, 0.717) is 41.9 Å². The molecule has 4 saturated carbocycles. The van der Waals surface area contributed by atoms with Crippen molar-refractivity contribution in [2.45, 2.75) is 97.7 Å². The van der Waals surface area contributed by atoms with Crippen LogP contribution in [0.1, 0.15) is 85.5 Å². The van der Waals surface area contributed by atoms with Gasteiger partial charge in [-0.25, -0.2) is 4.18 Å². The fourth-order valence-electron chi connectivity index (χ4n) is 9.47. The standard InChI is InChI=1S/C25H44O6S/c1-5-17-21-14-16(26)8-11-25(21,4)20-9-12-24(3)18(6-7-19(24)22(20)23(17)27)15(2)10-13-31-32(28,29)30/h15-23,26-27H,5-14H2,1-4H3,(H,28,29,30)/t15-,16-,17-,18-,19?,20?,21+,22?,23+,24-,25-/m1/s1. The number of aliphatic hydroxyl groups is 2. The van der Waals surface area contributed by atoms with Gasteiger partial charge >= 0.3 is 10.4 Å². The van der Waals surface area contributed by atoms with E-state index in [9.17, 15) is 18.6 Å². The Morgan fingerprint density at radius 2 is 1.66 bits per heavy atom. The van der Waals surface area contributed by atoms with E-state index < -0.39 is 10.4 Å². The molecule has 4 fully saturated rings. The third-order valence-electron chi connectivity index (χ3n) is 11.0. The Balaban J connectivity index is 1.56. The van der Waals surface area contributed by atoms with Gasteiger partial charge < -0.3 is 10.2 Å². The fraction of sp³-hybridized carbons (Fsp3) is 1.00. The topological polar surface area (TPSA) is 104 Å². The summed E-state index contributed by atoms with van der Waals surface area (Å²) in [5.41, 5.74) is 0.355. The molecule has 7 heteroatoms. The number of rotatable bonds is 6. The predicted octanol–water partition coefficient (Wildman–Crippen LogP) is 4.46. The maximum absolute atomic E-state index is 11.7. The number of fused-ring (bicyclic) bond motifs is 5. The monoisotopic (exact) mass is 472 g/mol. The Labute approximate surface area is 194 Å². The molecule has 32 heavy (non-hydrogen) atoms. The largest absolute Gasteiger partial charge is 0.397 e. The van der Waals surface area contributed by atoms with Crippen LogP contribution in [0.5, 0.6) is 0 Å². The van der Waals surface area contributed by atoms with E-state index in [0.717, 1.165) is 51.4 Å². The van der Waals surface area contributed by atoms with Crippen LogP contribution in [0.4, 0.5) is 0 Å². The van der Waals surface area contributed by atoms with E-state index in [-0.39, 0.29) is 35.6 Å². The van der Waals surface area contributed by atoms with Crippen molar-refractivity contribution in [3.8, 4) is 0 Å². The third kappa shape index (κ3) is 4.08. The molecule has 0 bridgehead atoms. The Hall–Kier alpha value is -0.210. The van der Waals surface area contributed by atoms with Gasteiger partial charge in [-0.3, -0.25) is 4.55 Å². The lowest BCUT2D eigenvalue weighted by Gasteiger charge is -2.64. The summed E-state index contributed by atoms with van der Waals surface area (Å²) in [6.45, 7) is 9.28. The molecule has 0 saturated heterocycles. The first-order valence-corrected chi connectivity index (χ1v) is 14.3. The van der Waals surface area contributed by atoms with Crippen LogP contribution in [0.15, 0.2) is 0 Å². The maximum Gasteiger partial charge on any atom is 0.397 e. The average Bonchev–Trinajstić information content (AvgIpc) is 3.06. The van der Waals surface area contributed by atoms with Crippen LogP contribution in [0.3, 0.4) is 0 Å². The Kier molecular flexibility index (Phi) is 6.83. The van der Waals surface area contributed by atoms with E-state index in [1.807, 2.05) is 0 Å². The zero-order valence-corrected chi connectivity index (χ0v) is 21.1. The van der Waals surface area contributed by atoms with Crippen molar-refractivity contribution in [1.82, 2.24) is 0 Å². The Morgan fingerprint density at radius 3 is 2.31 bits per heavy atom. The van der Waals surface area contributed by atoms with Crippen molar-refractivity contribution < 1.29 is 27.4 Å². The zero-order chi connectivity index (χ0) is 23.5. The molecule has 0 radical (unpaired) electrons. The average molecular weight is 473 g/mol. The van der Waals surface area contributed by atoms with Crippen LogP contribution in [0.25, 0.3) is 0 Å². The van der Waals surface area contributed by atoms with Gasteiger partial charge in [-0.2, -0.15) is 8.42 Å². The molecule has 3 unspecified atom stereocenters. The summed E-state index contributed by atoms with van der Waals surface area (Å²) in [5.74, 6) is 2.78. The van der Waals surface area contributed by atoms with E-state index in [1.165, 1.54) is 0 Å². The molecular formula is C25H44O6S. The summed E-state index contributed by atoms with van der Waals surface area (Å²) in [7, 11) is -4.39. The zero-order valence-electron chi connectivity index (χ0n) is 20.2. The van der Waals surface area contributed by atoms with Gasteiger partial charge in [-0.15, -0.1) is 0 Å². The molecule has 0 aromatic heterocycles. The smallest absolute Gasteiger partial charge is 0.393 e. The second-order valence-corrected chi connectivity index (χ2v) is 13.2. The van der Waals surface area contributed by atoms with Crippen LogP contribution < -0.4 is 0 Å². The highest BCUT2D eigenvalue weighted by Gasteiger charge is 2.64. The normalized spacial score (nSPS) is 49.7. The van der Waals surface area contributed by atoms with Crippen molar-refractivity contribution in [1.29, 1.82) is 0 Å². The number of hydrogen-bond acceptors (Lipinski definition) is 5. The van der Waals surface area contributed by atoms with E-state index in [4.69, 9.17) is 4.55 Å². The minimum Gasteiger partial charge on any atom is -0.393 e. The van der Waals surface area contributed by atoms with E-state index in [1.54, 1.807) is 0 Å². The summed E-state index contributed by atoms with van der Waals surface area (Å²) in [4.78, 5) is 0. The molecule has 6 nitrogen and oxygen atoms in total. The van der Waals surface area contributed by atoms with Gasteiger partial charge in [-0.05, 0) is 104 Å². The summed E-state index contributed by atoms with van der Waals surface area (Å²) >= 11 is 0. The second kappa shape index (κ2) is 8.78. The van der Waals surface area contributed by atoms with E-state index in [2.05, 4.69) is 31.9 Å². The fourth-order valence-corrected chi connectivity index (χ4v) is 9.78. The Morgan fingerprint density at radius 1 is 1.00 bits per heavy atom. The molecule has 0 spiro atoms. The van der Waals surface area contributed by atoms with Crippen molar-refractivity contribution >= 4 is 10.4 Å². The lowest BCUT2D eigenvalue weighted by atomic mass is 9.41. The lowest BCUT2D eigenvalue weighted by molar-refractivity contribution is -0.203. The van der Waals surface area contributed by atoms with Crippen molar-refractivity contribution in [3.63, 3.8) is 0 Å². The summed E-state index contributed by atoms with van der Waals surface area (Å²) in [5, 5.41) is 22.1. The van der Waals surface area contributed by atoms with E-state index >= 15 is 0 Å². The number of hydrogen-bond donors (Lipinski definition) is 3. The molecule has 0 heterocycles.